The molecule has 2 atom stereocenters. The van der Waals surface area contributed by atoms with E-state index in [1.54, 1.807) is 0 Å². The van der Waals surface area contributed by atoms with Crippen molar-refractivity contribution >= 4 is 0 Å². The van der Waals surface area contributed by atoms with Crippen molar-refractivity contribution in [3.05, 3.63) is 0 Å². The fourth-order valence-corrected chi connectivity index (χ4v) is 1.97. The topological polar surface area (TPSA) is 32.3 Å². The third-order valence-electron chi connectivity index (χ3n) is 2.81. The van der Waals surface area contributed by atoms with E-state index in [2.05, 4.69) is 33.1 Å². The largest absolute Gasteiger partial charge is 0.396 e. The van der Waals surface area contributed by atoms with E-state index in [4.69, 9.17) is 5.11 Å². The Bertz CT molecular complexity index is 107. The molecule has 0 aromatic rings. The van der Waals surface area contributed by atoms with E-state index in [1.165, 1.54) is 6.42 Å². The summed E-state index contributed by atoms with van der Waals surface area (Å²) in [7, 11) is 2.05. The minimum Gasteiger partial charge on any atom is -0.396 e. The van der Waals surface area contributed by atoms with Gasteiger partial charge in [-0.15, -0.1) is 0 Å². The smallest absolute Gasteiger partial charge is 0.0430 e. The molecule has 2 nitrogen and oxygen atoms in total. The fraction of sp³-hybridized carbons (Fsp3) is 1.00. The van der Waals surface area contributed by atoms with E-state index in [0.717, 1.165) is 30.7 Å². The number of hydrogen-bond donors (Lipinski definition) is 2. The lowest BCUT2D eigenvalue weighted by molar-refractivity contribution is 0.148. The zero-order valence-electron chi connectivity index (χ0n) is 9.51. The fourth-order valence-electron chi connectivity index (χ4n) is 1.97. The minimum absolute atomic E-state index is 0.344. The van der Waals surface area contributed by atoms with Gasteiger partial charge in [-0.2, -0.15) is 0 Å². The lowest BCUT2D eigenvalue weighted by Gasteiger charge is -2.40. The van der Waals surface area contributed by atoms with Gasteiger partial charge in [0.05, 0.1) is 0 Å². The predicted octanol–water partition coefficient (Wildman–Crippen LogP) is 2.03. The molecule has 0 aliphatic heterocycles. The van der Waals surface area contributed by atoms with Crippen LogP contribution in [-0.4, -0.2) is 24.8 Å². The highest BCUT2D eigenvalue weighted by molar-refractivity contribution is 4.88. The van der Waals surface area contributed by atoms with Crippen molar-refractivity contribution in [2.75, 3.05) is 13.7 Å². The molecule has 0 heterocycles. The van der Waals surface area contributed by atoms with Crippen molar-refractivity contribution in [1.29, 1.82) is 0 Å². The lowest BCUT2D eigenvalue weighted by atomic mass is 9.72. The van der Waals surface area contributed by atoms with Crippen molar-refractivity contribution < 1.29 is 5.11 Å². The lowest BCUT2D eigenvalue weighted by Crippen LogP contribution is -2.47. The van der Waals surface area contributed by atoms with Gasteiger partial charge in [0.2, 0.25) is 0 Å². The van der Waals surface area contributed by atoms with Crippen LogP contribution in [0.3, 0.4) is 0 Å². The summed E-state index contributed by atoms with van der Waals surface area (Å²) in [6.45, 7) is 7.01. The average molecular weight is 187 g/mol. The van der Waals surface area contributed by atoms with Crippen molar-refractivity contribution in [3.63, 3.8) is 0 Å². The molecule has 1 saturated carbocycles. The van der Waals surface area contributed by atoms with Gasteiger partial charge in [-0.3, -0.25) is 0 Å². The standard InChI is InChI=1S/C7H15N.C4H10O/c1-5-4-6(2)7(5)8-3;1-2-3-4-5/h5-8H,4H2,1-3H3;5H,2-4H2,1H3. The Balaban J connectivity index is 0.000000252. The van der Waals surface area contributed by atoms with Gasteiger partial charge < -0.3 is 10.4 Å². The Morgan fingerprint density at radius 1 is 1.31 bits per heavy atom. The third kappa shape index (κ3) is 4.63. The van der Waals surface area contributed by atoms with Crippen molar-refractivity contribution in [2.24, 2.45) is 11.8 Å². The summed E-state index contributed by atoms with van der Waals surface area (Å²) in [6, 6.07) is 0.801. The second-order valence-electron chi connectivity index (χ2n) is 4.08. The van der Waals surface area contributed by atoms with E-state index in [0.29, 0.717) is 6.61 Å². The maximum absolute atomic E-state index is 8.07. The molecule has 2 N–H and O–H groups in total. The summed E-state index contributed by atoms with van der Waals surface area (Å²) in [5.74, 6) is 1.82. The van der Waals surface area contributed by atoms with Gasteiger partial charge >= 0.3 is 0 Å². The molecule has 0 aromatic heterocycles. The van der Waals surface area contributed by atoms with Crippen molar-refractivity contribution in [3.8, 4) is 0 Å². The molecule has 1 fully saturated rings. The molecule has 0 radical (unpaired) electrons. The SMILES string of the molecule is CCCCO.CNC1C(C)CC1C. The summed E-state index contributed by atoms with van der Waals surface area (Å²) >= 11 is 0. The normalized spacial score (nSPS) is 31.6. The first-order chi connectivity index (χ1) is 6.17. The van der Waals surface area contributed by atoms with Crippen LogP contribution in [0.5, 0.6) is 0 Å². The predicted molar refractivity (Wildman–Crippen MR) is 57.8 cm³/mol. The molecule has 0 amide bonds. The first kappa shape index (κ1) is 12.9. The third-order valence-corrected chi connectivity index (χ3v) is 2.81. The first-order valence-corrected chi connectivity index (χ1v) is 5.45. The Hall–Kier alpha value is -0.0800. The molecule has 1 aliphatic carbocycles. The van der Waals surface area contributed by atoms with Gasteiger partial charge in [-0.05, 0) is 31.7 Å². The number of nitrogens with one attached hydrogen (secondary N) is 1. The van der Waals surface area contributed by atoms with Crippen molar-refractivity contribution in [1.82, 2.24) is 5.32 Å². The van der Waals surface area contributed by atoms with Gasteiger partial charge in [0.1, 0.15) is 0 Å². The summed E-state index contributed by atoms with van der Waals surface area (Å²) in [4.78, 5) is 0. The first-order valence-electron chi connectivity index (χ1n) is 5.45. The molecule has 13 heavy (non-hydrogen) atoms. The molecule has 0 spiro atoms. The highest BCUT2D eigenvalue weighted by Crippen LogP contribution is 2.32. The second kappa shape index (κ2) is 7.34. The molecular weight excluding hydrogens is 162 g/mol. The van der Waals surface area contributed by atoms with Crippen LogP contribution in [0.4, 0.5) is 0 Å². The van der Waals surface area contributed by atoms with Gasteiger partial charge in [0.15, 0.2) is 0 Å². The zero-order chi connectivity index (χ0) is 10.3. The van der Waals surface area contributed by atoms with E-state index >= 15 is 0 Å². The molecule has 1 aliphatic rings. The molecule has 0 saturated heterocycles. The van der Waals surface area contributed by atoms with E-state index < -0.39 is 0 Å². The van der Waals surface area contributed by atoms with Crippen LogP contribution < -0.4 is 5.32 Å². The number of rotatable bonds is 3. The molecule has 2 unspecified atom stereocenters. The van der Waals surface area contributed by atoms with Gasteiger partial charge in [-0.1, -0.05) is 27.2 Å². The summed E-state index contributed by atoms with van der Waals surface area (Å²) in [5, 5.41) is 11.4. The Morgan fingerprint density at radius 2 is 1.85 bits per heavy atom. The number of unbranched alkanes of at least 4 members (excludes halogenated alkanes) is 1. The molecule has 0 aromatic carbocycles. The molecule has 2 heteroatoms. The Labute approximate surface area is 82.7 Å². The number of aliphatic hydroxyl groups excluding tert-OH is 1. The summed E-state index contributed by atoms with van der Waals surface area (Å²) in [6.07, 6.45) is 3.45. The summed E-state index contributed by atoms with van der Waals surface area (Å²) in [5.41, 5.74) is 0. The number of hydrogen-bond acceptors (Lipinski definition) is 2. The van der Waals surface area contributed by atoms with E-state index in [1.807, 2.05) is 0 Å². The van der Waals surface area contributed by atoms with Gasteiger partial charge in [-0.25, -0.2) is 0 Å². The minimum atomic E-state index is 0.344. The van der Waals surface area contributed by atoms with Crippen molar-refractivity contribution in [2.45, 2.75) is 46.1 Å². The maximum atomic E-state index is 8.07. The zero-order valence-corrected chi connectivity index (χ0v) is 9.51. The second-order valence-corrected chi connectivity index (χ2v) is 4.08. The van der Waals surface area contributed by atoms with Crippen LogP contribution in [-0.2, 0) is 0 Å². The van der Waals surface area contributed by atoms with Crippen LogP contribution in [0.2, 0.25) is 0 Å². The Kier molecular flexibility index (Phi) is 7.29. The average Bonchev–Trinajstić information content (AvgIpc) is 2.07. The quantitative estimate of drug-likeness (QED) is 0.708. The highest BCUT2D eigenvalue weighted by atomic mass is 16.2. The van der Waals surface area contributed by atoms with Crippen LogP contribution in [0.25, 0.3) is 0 Å². The highest BCUT2D eigenvalue weighted by Gasteiger charge is 2.32. The molecule has 1 rings (SSSR count). The molecular formula is C11H25NO. The van der Waals surface area contributed by atoms with Gasteiger partial charge in [0, 0.05) is 12.6 Å². The van der Waals surface area contributed by atoms with E-state index in [-0.39, 0.29) is 0 Å². The van der Waals surface area contributed by atoms with E-state index in [9.17, 15) is 0 Å². The summed E-state index contributed by atoms with van der Waals surface area (Å²) < 4.78 is 0. The van der Waals surface area contributed by atoms with Gasteiger partial charge in [0.25, 0.3) is 0 Å². The monoisotopic (exact) mass is 187 g/mol. The Morgan fingerprint density at radius 3 is 1.92 bits per heavy atom. The molecule has 0 bridgehead atoms. The van der Waals surface area contributed by atoms with Crippen LogP contribution in [0, 0.1) is 11.8 Å². The van der Waals surface area contributed by atoms with Crippen LogP contribution >= 0.6 is 0 Å². The number of aliphatic hydroxyl groups is 1. The van der Waals surface area contributed by atoms with Crippen LogP contribution in [0.15, 0.2) is 0 Å². The molecule has 80 valence electrons. The van der Waals surface area contributed by atoms with Crippen LogP contribution in [0.1, 0.15) is 40.0 Å². The maximum Gasteiger partial charge on any atom is 0.0430 e.